The van der Waals surface area contributed by atoms with Crippen molar-refractivity contribution in [1.29, 1.82) is 0 Å². The van der Waals surface area contributed by atoms with Crippen LogP contribution >= 0.6 is 0 Å². The van der Waals surface area contributed by atoms with Crippen molar-refractivity contribution < 1.29 is 0 Å². The number of rotatable bonds is 7. The van der Waals surface area contributed by atoms with Crippen LogP contribution in [0.15, 0.2) is 170 Å². The molecule has 0 N–H and O–H groups in total. The minimum absolute atomic E-state index is 0.153. The van der Waals surface area contributed by atoms with E-state index in [1.807, 2.05) is 0 Å². The predicted octanol–water partition coefficient (Wildman–Crippen LogP) is 14.9. The number of nitrogens with zero attached hydrogens (tertiary/aromatic N) is 3. The van der Waals surface area contributed by atoms with E-state index in [4.69, 9.17) is 0 Å². The minimum atomic E-state index is 0.153. The van der Waals surface area contributed by atoms with Gasteiger partial charge < -0.3 is 14.0 Å². The summed E-state index contributed by atoms with van der Waals surface area (Å²) in [6, 6.07) is 62.3. The van der Waals surface area contributed by atoms with Crippen LogP contribution in [0.1, 0.15) is 59.4 Å². The van der Waals surface area contributed by atoms with Crippen LogP contribution in [0.25, 0.3) is 55.0 Å². The van der Waals surface area contributed by atoms with Crippen LogP contribution in [0.3, 0.4) is 0 Å². The first-order chi connectivity index (χ1) is 26.5. The Bertz CT molecular complexity index is 2520. The molecule has 1 unspecified atom stereocenters. The maximum atomic E-state index is 2.39. The van der Waals surface area contributed by atoms with Crippen molar-refractivity contribution in [3.8, 4) is 11.4 Å². The topological polar surface area (TPSA) is 13.1 Å². The lowest BCUT2D eigenvalue weighted by Gasteiger charge is -2.36. The zero-order chi connectivity index (χ0) is 37.9. The van der Waals surface area contributed by atoms with Crippen LogP contribution in [0.2, 0.25) is 0 Å². The van der Waals surface area contributed by atoms with E-state index in [-0.39, 0.29) is 10.8 Å². The van der Waals surface area contributed by atoms with Gasteiger partial charge in [-0.15, -0.1) is 0 Å². The maximum absolute atomic E-state index is 2.39. The van der Waals surface area contributed by atoms with Gasteiger partial charge >= 0.3 is 0 Å². The Morgan fingerprint density at radius 3 is 1.02 bits per heavy atom. The first kappa shape index (κ1) is 34.7. The van der Waals surface area contributed by atoms with Crippen LogP contribution in [-0.2, 0) is 0 Å². The van der Waals surface area contributed by atoms with Gasteiger partial charge in [0, 0.05) is 50.0 Å². The van der Waals surface area contributed by atoms with E-state index in [1.54, 1.807) is 0 Å². The predicted molar refractivity (Wildman–Crippen MR) is 236 cm³/mol. The van der Waals surface area contributed by atoms with Gasteiger partial charge in [-0.3, -0.25) is 0 Å². The van der Waals surface area contributed by atoms with Gasteiger partial charge in [-0.2, -0.15) is 0 Å². The fourth-order valence-corrected chi connectivity index (χ4v) is 8.74. The minimum Gasteiger partial charge on any atom is -0.311 e. The molecule has 272 valence electrons. The molecule has 1 atom stereocenters. The Labute approximate surface area is 325 Å². The quantitative estimate of drug-likeness (QED) is 0.160. The highest BCUT2D eigenvalue weighted by Crippen LogP contribution is 2.45. The Morgan fingerprint density at radius 2 is 0.709 bits per heavy atom. The van der Waals surface area contributed by atoms with Gasteiger partial charge in [0.05, 0.1) is 22.1 Å². The average Bonchev–Trinajstić information content (AvgIpc) is 3.71. The molecule has 7 aromatic carbocycles. The summed E-state index contributed by atoms with van der Waals surface area (Å²) >= 11 is 0. The SMILES string of the molecule is CC(C)(C)CC(c1ccc(N(c2ccc(-n3c4ccccc4c4ccccc43)cc2)c2ccc(-n3c4ccccc4c4ccccc43)cc2)cc1)C(C)(C)C. The third-order valence-electron chi connectivity index (χ3n) is 11.3. The van der Waals surface area contributed by atoms with Gasteiger partial charge in [0.1, 0.15) is 0 Å². The molecule has 2 aromatic heterocycles. The van der Waals surface area contributed by atoms with Crippen molar-refractivity contribution in [2.75, 3.05) is 4.90 Å². The molecule has 0 aliphatic heterocycles. The first-order valence-electron chi connectivity index (χ1n) is 19.6. The molecule has 3 nitrogen and oxygen atoms in total. The van der Waals surface area contributed by atoms with Crippen molar-refractivity contribution in [1.82, 2.24) is 9.13 Å². The summed E-state index contributed by atoms with van der Waals surface area (Å²) in [5, 5.41) is 5.08. The summed E-state index contributed by atoms with van der Waals surface area (Å²) in [5.74, 6) is 0.450. The fourth-order valence-electron chi connectivity index (χ4n) is 8.74. The number of hydrogen-bond donors (Lipinski definition) is 0. The van der Waals surface area contributed by atoms with Crippen LogP contribution in [0, 0.1) is 10.8 Å². The normalized spacial score (nSPS) is 12.9. The van der Waals surface area contributed by atoms with Crippen LogP contribution in [0.5, 0.6) is 0 Å². The molecule has 0 bridgehead atoms. The van der Waals surface area contributed by atoms with E-state index in [9.17, 15) is 0 Å². The van der Waals surface area contributed by atoms with E-state index in [0.29, 0.717) is 5.92 Å². The van der Waals surface area contributed by atoms with E-state index < -0.39 is 0 Å². The Kier molecular flexibility index (Phi) is 8.42. The van der Waals surface area contributed by atoms with Gasteiger partial charge in [0.2, 0.25) is 0 Å². The summed E-state index contributed by atoms with van der Waals surface area (Å²) in [6.07, 6.45) is 1.13. The smallest absolute Gasteiger partial charge is 0.0541 e. The molecule has 0 amide bonds. The Hall–Kier alpha value is -6.06. The highest BCUT2D eigenvalue weighted by Gasteiger charge is 2.30. The fraction of sp³-hybridized carbons (Fsp3) is 0.192. The van der Waals surface area contributed by atoms with E-state index in [1.165, 1.54) is 49.2 Å². The van der Waals surface area contributed by atoms with Gasteiger partial charge in [-0.1, -0.05) is 126 Å². The number of benzene rings is 7. The standard InChI is InChI=1S/C52H49N3/c1-51(2,3)35-46(52(4,5)6)36-23-25-37(26-24-36)53(38-27-31-40(32-28-38)54-47-19-11-7-15-42(47)43-16-8-12-20-48(43)54)39-29-33-41(34-30-39)55-49-21-13-9-17-44(49)45-18-10-14-22-50(45)55/h7-34,46H,35H2,1-6H3. The van der Waals surface area contributed by atoms with Crippen molar-refractivity contribution in [2.24, 2.45) is 10.8 Å². The van der Waals surface area contributed by atoms with E-state index >= 15 is 0 Å². The molecular formula is C52H49N3. The number of hydrogen-bond acceptors (Lipinski definition) is 1. The lowest BCUT2D eigenvalue weighted by molar-refractivity contribution is 0.229. The number of para-hydroxylation sites is 4. The molecular weight excluding hydrogens is 667 g/mol. The van der Waals surface area contributed by atoms with Crippen LogP contribution in [-0.4, -0.2) is 9.13 Å². The van der Waals surface area contributed by atoms with E-state index in [2.05, 4.69) is 225 Å². The zero-order valence-corrected chi connectivity index (χ0v) is 32.8. The molecule has 0 saturated heterocycles. The zero-order valence-electron chi connectivity index (χ0n) is 32.8. The Morgan fingerprint density at radius 1 is 0.400 bits per heavy atom. The number of anilines is 3. The second-order valence-electron chi connectivity index (χ2n) is 17.4. The van der Waals surface area contributed by atoms with Gasteiger partial charge in [-0.25, -0.2) is 0 Å². The summed E-state index contributed by atoms with van der Waals surface area (Å²) < 4.78 is 4.77. The molecule has 2 heterocycles. The first-order valence-corrected chi connectivity index (χ1v) is 19.6. The molecule has 9 aromatic rings. The lowest BCUT2D eigenvalue weighted by atomic mass is 9.69. The third kappa shape index (κ3) is 6.28. The average molecular weight is 716 g/mol. The molecule has 0 aliphatic rings. The van der Waals surface area contributed by atoms with Crippen LogP contribution in [0.4, 0.5) is 17.1 Å². The molecule has 0 spiro atoms. The molecule has 0 fully saturated rings. The lowest BCUT2D eigenvalue weighted by Crippen LogP contribution is -2.23. The van der Waals surface area contributed by atoms with Crippen molar-refractivity contribution in [3.63, 3.8) is 0 Å². The van der Waals surface area contributed by atoms with Crippen molar-refractivity contribution >= 4 is 60.7 Å². The molecule has 55 heavy (non-hydrogen) atoms. The number of fused-ring (bicyclic) bond motifs is 6. The molecule has 0 aliphatic carbocycles. The second-order valence-corrected chi connectivity index (χ2v) is 17.4. The Balaban J connectivity index is 1.15. The molecule has 0 radical (unpaired) electrons. The van der Waals surface area contributed by atoms with Crippen LogP contribution < -0.4 is 4.90 Å². The van der Waals surface area contributed by atoms with Crippen molar-refractivity contribution in [2.45, 2.75) is 53.9 Å². The van der Waals surface area contributed by atoms with E-state index in [0.717, 1.165) is 34.9 Å². The summed E-state index contributed by atoms with van der Waals surface area (Å²) in [6.45, 7) is 14.2. The number of aromatic nitrogens is 2. The maximum Gasteiger partial charge on any atom is 0.0541 e. The second kappa shape index (κ2) is 13.4. The summed E-state index contributed by atoms with van der Waals surface area (Å²) in [4.78, 5) is 2.39. The third-order valence-corrected chi connectivity index (χ3v) is 11.3. The highest BCUT2D eigenvalue weighted by molar-refractivity contribution is 6.10. The summed E-state index contributed by atoms with van der Waals surface area (Å²) in [7, 11) is 0. The summed E-state index contributed by atoms with van der Waals surface area (Å²) in [5.41, 5.74) is 12.3. The molecule has 9 rings (SSSR count). The molecule has 0 saturated carbocycles. The highest BCUT2D eigenvalue weighted by atomic mass is 15.1. The molecule has 3 heteroatoms. The van der Waals surface area contributed by atoms with Gasteiger partial charge in [0.25, 0.3) is 0 Å². The van der Waals surface area contributed by atoms with Gasteiger partial charge in [0.15, 0.2) is 0 Å². The van der Waals surface area contributed by atoms with Crippen molar-refractivity contribution in [3.05, 3.63) is 175 Å². The monoisotopic (exact) mass is 715 g/mol. The largest absolute Gasteiger partial charge is 0.311 e. The van der Waals surface area contributed by atoms with Gasteiger partial charge in [-0.05, 0) is 114 Å².